The first-order valence-electron chi connectivity index (χ1n) is 6.26. The van der Waals surface area contributed by atoms with Gasteiger partial charge in [0, 0.05) is 0 Å². The number of rotatable bonds is 5. The van der Waals surface area contributed by atoms with E-state index in [1.54, 1.807) is 13.0 Å². The smallest absolute Gasteiger partial charge is 0.280 e. The predicted molar refractivity (Wildman–Crippen MR) is 90.2 cm³/mol. The Morgan fingerprint density at radius 3 is 2.13 bits per heavy atom. The van der Waals surface area contributed by atoms with Crippen LogP contribution in [0.5, 0.6) is 0 Å². The molecule has 0 unspecified atom stereocenters. The van der Waals surface area contributed by atoms with Crippen LogP contribution in [0, 0.1) is 6.92 Å². The molecule has 0 aromatic heterocycles. The van der Waals surface area contributed by atoms with Crippen LogP contribution in [0.2, 0.25) is 5.02 Å². The minimum atomic E-state index is -3.95. The summed E-state index contributed by atoms with van der Waals surface area (Å²) in [6.45, 7) is 1.79. The van der Waals surface area contributed by atoms with Crippen molar-refractivity contribution in [1.29, 1.82) is 0 Å². The normalized spacial score (nSPS) is 12.0. The lowest BCUT2D eigenvalue weighted by Gasteiger charge is -2.11. The standard InChI is InChI=1S/C13H14ClN3O4S2/c1-9-5-6-13(12(14)7-9)22(18,19)16-10-3-2-4-11(8-10)17-23(15,20)21/h2-8,16-17H,1H3,(H2,15,20,21). The third-order valence-corrected chi connectivity index (χ3v) is 5.14. The van der Waals surface area contributed by atoms with Crippen molar-refractivity contribution in [2.24, 2.45) is 5.14 Å². The zero-order valence-electron chi connectivity index (χ0n) is 11.9. The minimum Gasteiger partial charge on any atom is -0.280 e. The van der Waals surface area contributed by atoms with Crippen LogP contribution in [0.1, 0.15) is 5.56 Å². The lowest BCUT2D eigenvalue weighted by Crippen LogP contribution is -2.21. The Bertz CT molecular complexity index is 943. The number of nitrogens with one attached hydrogen (secondary N) is 2. The Balaban J connectivity index is 2.32. The van der Waals surface area contributed by atoms with E-state index in [0.717, 1.165) is 5.56 Å². The summed E-state index contributed by atoms with van der Waals surface area (Å²) in [5.41, 5.74) is 1.12. The summed E-state index contributed by atoms with van der Waals surface area (Å²) in [6, 6.07) is 10.2. The molecule has 0 bridgehead atoms. The van der Waals surface area contributed by atoms with Crippen LogP contribution in [0.4, 0.5) is 11.4 Å². The first-order valence-corrected chi connectivity index (χ1v) is 9.67. The fourth-order valence-electron chi connectivity index (χ4n) is 1.84. The molecule has 0 aliphatic heterocycles. The van der Waals surface area contributed by atoms with Crippen molar-refractivity contribution >= 4 is 43.2 Å². The van der Waals surface area contributed by atoms with Crippen LogP contribution in [0.25, 0.3) is 0 Å². The second-order valence-electron chi connectivity index (χ2n) is 4.77. The highest BCUT2D eigenvalue weighted by molar-refractivity contribution is 7.92. The number of benzene rings is 2. The molecule has 0 atom stereocenters. The number of sulfonamides is 1. The SMILES string of the molecule is Cc1ccc(S(=O)(=O)Nc2cccc(NS(N)(=O)=O)c2)c(Cl)c1. The second-order valence-corrected chi connectivity index (χ2v) is 8.12. The third kappa shape index (κ3) is 4.83. The van der Waals surface area contributed by atoms with E-state index in [2.05, 4.69) is 9.44 Å². The van der Waals surface area contributed by atoms with E-state index >= 15 is 0 Å². The van der Waals surface area contributed by atoms with E-state index < -0.39 is 20.2 Å². The van der Waals surface area contributed by atoms with E-state index in [1.165, 1.54) is 36.4 Å². The summed E-state index contributed by atoms with van der Waals surface area (Å²) in [5, 5.41) is 4.97. The fraction of sp³-hybridized carbons (Fsp3) is 0.0769. The Morgan fingerprint density at radius 2 is 1.57 bits per heavy atom. The summed E-state index contributed by atoms with van der Waals surface area (Å²) < 4.78 is 51.1. The second kappa shape index (κ2) is 6.36. The lowest BCUT2D eigenvalue weighted by molar-refractivity contribution is 0.600. The van der Waals surface area contributed by atoms with Crippen molar-refractivity contribution in [3.05, 3.63) is 53.1 Å². The van der Waals surface area contributed by atoms with Gasteiger partial charge in [-0.3, -0.25) is 9.44 Å². The van der Waals surface area contributed by atoms with Crippen LogP contribution in [0.3, 0.4) is 0 Å². The number of nitrogens with two attached hydrogens (primary N) is 1. The molecule has 0 radical (unpaired) electrons. The summed E-state index contributed by atoms with van der Waals surface area (Å²) in [5.74, 6) is 0. The van der Waals surface area contributed by atoms with Gasteiger partial charge in [0.1, 0.15) is 4.90 Å². The lowest BCUT2D eigenvalue weighted by atomic mass is 10.2. The summed E-state index contributed by atoms with van der Waals surface area (Å²) in [6.07, 6.45) is 0. The fourth-order valence-corrected chi connectivity index (χ4v) is 3.95. The molecule has 4 N–H and O–H groups in total. The van der Waals surface area contributed by atoms with Crippen LogP contribution in [-0.2, 0) is 20.2 Å². The zero-order valence-corrected chi connectivity index (χ0v) is 14.3. The number of halogens is 1. The quantitative estimate of drug-likeness (QED) is 0.741. The van der Waals surface area contributed by atoms with Gasteiger partial charge in [0.05, 0.1) is 16.4 Å². The molecule has 23 heavy (non-hydrogen) atoms. The largest absolute Gasteiger partial charge is 0.296 e. The van der Waals surface area contributed by atoms with Crippen LogP contribution in [-0.4, -0.2) is 16.8 Å². The summed E-state index contributed by atoms with van der Waals surface area (Å²) >= 11 is 5.97. The van der Waals surface area contributed by atoms with Crippen molar-refractivity contribution in [3.63, 3.8) is 0 Å². The van der Waals surface area contributed by atoms with Gasteiger partial charge in [-0.2, -0.15) is 8.42 Å². The monoisotopic (exact) mass is 375 g/mol. The molecule has 0 saturated heterocycles. The van der Waals surface area contributed by atoms with Gasteiger partial charge >= 0.3 is 0 Å². The molecule has 0 spiro atoms. The highest BCUT2D eigenvalue weighted by Crippen LogP contribution is 2.25. The minimum absolute atomic E-state index is 0.0745. The van der Waals surface area contributed by atoms with Crippen molar-refractivity contribution in [1.82, 2.24) is 0 Å². The molecule has 0 fully saturated rings. The van der Waals surface area contributed by atoms with Crippen LogP contribution >= 0.6 is 11.6 Å². The average Bonchev–Trinajstić information content (AvgIpc) is 2.35. The number of hydrogen-bond donors (Lipinski definition) is 3. The number of hydrogen-bond acceptors (Lipinski definition) is 4. The highest BCUT2D eigenvalue weighted by Gasteiger charge is 2.18. The molecule has 2 rings (SSSR count). The van der Waals surface area contributed by atoms with Gasteiger partial charge in [0.25, 0.3) is 20.2 Å². The van der Waals surface area contributed by atoms with Crippen molar-refractivity contribution in [2.45, 2.75) is 11.8 Å². The average molecular weight is 376 g/mol. The maximum atomic E-state index is 12.4. The Kier molecular flexibility index (Phi) is 4.85. The van der Waals surface area contributed by atoms with Gasteiger partial charge in [-0.25, -0.2) is 13.6 Å². The molecule has 2 aromatic carbocycles. The molecule has 0 aliphatic carbocycles. The molecule has 0 aliphatic rings. The van der Waals surface area contributed by atoms with Crippen LogP contribution < -0.4 is 14.6 Å². The van der Waals surface area contributed by atoms with Gasteiger partial charge in [0.15, 0.2) is 0 Å². The summed E-state index contributed by atoms with van der Waals surface area (Å²) in [4.78, 5) is -0.0745. The van der Waals surface area contributed by atoms with E-state index in [-0.39, 0.29) is 21.3 Å². The number of anilines is 2. The van der Waals surface area contributed by atoms with E-state index in [1.807, 2.05) is 0 Å². The van der Waals surface area contributed by atoms with E-state index in [4.69, 9.17) is 16.7 Å². The number of aryl methyl sites for hydroxylation is 1. The molecule has 7 nitrogen and oxygen atoms in total. The molecule has 0 amide bonds. The zero-order chi connectivity index (χ0) is 17.3. The first kappa shape index (κ1) is 17.5. The molecule has 2 aromatic rings. The van der Waals surface area contributed by atoms with E-state index in [9.17, 15) is 16.8 Å². The molecule has 124 valence electrons. The Morgan fingerprint density at radius 1 is 0.957 bits per heavy atom. The maximum absolute atomic E-state index is 12.4. The van der Waals surface area contributed by atoms with Crippen LogP contribution in [0.15, 0.2) is 47.4 Å². The van der Waals surface area contributed by atoms with Crippen molar-refractivity contribution in [3.8, 4) is 0 Å². The van der Waals surface area contributed by atoms with Crippen molar-refractivity contribution < 1.29 is 16.8 Å². The molecule has 0 saturated carbocycles. The molecular weight excluding hydrogens is 362 g/mol. The molecular formula is C13H14ClN3O4S2. The van der Waals surface area contributed by atoms with Gasteiger partial charge in [0.2, 0.25) is 0 Å². The Hall–Kier alpha value is -1.81. The Labute approximate surface area is 139 Å². The van der Waals surface area contributed by atoms with Gasteiger partial charge in [-0.1, -0.05) is 23.7 Å². The van der Waals surface area contributed by atoms with Crippen molar-refractivity contribution in [2.75, 3.05) is 9.44 Å². The topological polar surface area (TPSA) is 118 Å². The van der Waals surface area contributed by atoms with E-state index in [0.29, 0.717) is 0 Å². The van der Waals surface area contributed by atoms with Gasteiger partial charge < -0.3 is 0 Å². The predicted octanol–water partition coefficient (Wildman–Crippen LogP) is 2.06. The first-order chi connectivity index (χ1) is 10.6. The molecule has 10 heteroatoms. The van der Waals surface area contributed by atoms with Gasteiger partial charge in [-0.15, -0.1) is 0 Å². The maximum Gasteiger partial charge on any atom is 0.296 e. The molecule has 0 heterocycles. The highest BCUT2D eigenvalue weighted by atomic mass is 35.5. The third-order valence-electron chi connectivity index (χ3n) is 2.75. The summed E-state index contributed by atoms with van der Waals surface area (Å²) in [7, 11) is -7.86. The van der Waals surface area contributed by atoms with Gasteiger partial charge in [-0.05, 0) is 42.8 Å².